The second-order valence-electron chi connectivity index (χ2n) is 7.10. The minimum Gasteiger partial charge on any atom is -0.375 e. The van der Waals surface area contributed by atoms with Crippen molar-refractivity contribution in [2.24, 2.45) is 4.99 Å². The summed E-state index contributed by atoms with van der Waals surface area (Å²) in [6.45, 7) is 7.75. The number of halogens is 2. The Morgan fingerprint density at radius 2 is 2.00 bits per heavy atom. The van der Waals surface area contributed by atoms with Crippen molar-refractivity contribution in [3.63, 3.8) is 0 Å². The van der Waals surface area contributed by atoms with Gasteiger partial charge < -0.3 is 19.6 Å². The highest BCUT2D eigenvalue weighted by atomic mass is 127. The summed E-state index contributed by atoms with van der Waals surface area (Å²) in [4.78, 5) is 11.1. The van der Waals surface area contributed by atoms with Crippen molar-refractivity contribution >= 4 is 35.6 Å². The third-order valence-corrected chi connectivity index (χ3v) is 4.79. The molecular weight excluding hydrogens is 486 g/mol. The largest absolute Gasteiger partial charge is 0.375 e. The van der Waals surface area contributed by atoms with Crippen LogP contribution in [0.5, 0.6) is 0 Å². The van der Waals surface area contributed by atoms with Crippen LogP contribution in [-0.4, -0.2) is 67.7 Å². The van der Waals surface area contributed by atoms with Crippen LogP contribution in [0.2, 0.25) is 0 Å². The third kappa shape index (κ3) is 6.56. The van der Waals surface area contributed by atoms with Gasteiger partial charge in [0.15, 0.2) is 5.96 Å². The third-order valence-electron chi connectivity index (χ3n) is 4.79. The van der Waals surface area contributed by atoms with Gasteiger partial charge in [-0.2, -0.15) is 0 Å². The lowest BCUT2D eigenvalue weighted by atomic mass is 10.2. The molecule has 29 heavy (non-hydrogen) atoms. The Morgan fingerprint density at radius 1 is 1.24 bits per heavy atom. The van der Waals surface area contributed by atoms with Crippen molar-refractivity contribution < 1.29 is 8.91 Å². The van der Waals surface area contributed by atoms with Gasteiger partial charge in [-0.25, -0.2) is 9.38 Å². The molecule has 0 unspecified atom stereocenters. The van der Waals surface area contributed by atoms with Crippen LogP contribution in [0.25, 0.3) is 0 Å². The van der Waals surface area contributed by atoms with Crippen molar-refractivity contribution in [3.8, 4) is 0 Å². The van der Waals surface area contributed by atoms with E-state index >= 15 is 0 Å². The molecule has 0 spiro atoms. The van der Waals surface area contributed by atoms with Gasteiger partial charge in [-0.3, -0.25) is 4.90 Å². The summed E-state index contributed by atoms with van der Waals surface area (Å²) >= 11 is 0. The number of benzene rings is 1. The number of nitrogens with one attached hydrogen (secondary N) is 1. The molecular formula is C20H30FIN6O. The number of aromatic nitrogens is 1. The number of anilines is 1. The molecule has 0 bridgehead atoms. The van der Waals surface area contributed by atoms with E-state index < -0.39 is 0 Å². The first-order valence-corrected chi connectivity index (χ1v) is 9.67. The zero-order valence-corrected chi connectivity index (χ0v) is 19.6. The van der Waals surface area contributed by atoms with E-state index in [2.05, 4.69) is 27.2 Å². The molecule has 0 atom stereocenters. The molecule has 9 heteroatoms. The highest BCUT2D eigenvalue weighted by Gasteiger charge is 2.20. The first-order chi connectivity index (χ1) is 13.6. The van der Waals surface area contributed by atoms with Crippen LogP contribution < -0.4 is 10.2 Å². The smallest absolute Gasteiger partial charge is 0.194 e. The van der Waals surface area contributed by atoms with Gasteiger partial charge in [0.25, 0.3) is 0 Å². The normalized spacial score (nSPS) is 15.2. The van der Waals surface area contributed by atoms with E-state index in [0.29, 0.717) is 12.2 Å². The number of hydrogen-bond donors (Lipinski definition) is 1. The van der Waals surface area contributed by atoms with Crippen LogP contribution in [0.1, 0.15) is 18.2 Å². The molecule has 1 saturated heterocycles. The minimum atomic E-state index is -0.218. The molecule has 0 aliphatic carbocycles. The minimum absolute atomic E-state index is 0. The standard InChI is InChI=1S/C20H29FN6O.HI/c1-4-22-20(23-14-16-5-6-19(25(2)3)18(21)13-16)27-10-8-26(9-11-27)15-17-7-12-28-24-17;/h5-7,12-13H,4,8-11,14-15H2,1-3H3,(H,22,23);1H. The van der Waals surface area contributed by atoms with E-state index in [0.717, 1.165) is 56.5 Å². The Hall–Kier alpha value is -1.88. The number of aliphatic imine (C=N–C) groups is 1. The quantitative estimate of drug-likeness (QED) is 0.362. The topological polar surface area (TPSA) is 60.1 Å². The van der Waals surface area contributed by atoms with Crippen LogP contribution in [0.3, 0.4) is 0 Å². The van der Waals surface area contributed by atoms with E-state index in [1.54, 1.807) is 23.3 Å². The lowest BCUT2D eigenvalue weighted by Gasteiger charge is -2.36. The maximum Gasteiger partial charge on any atom is 0.194 e. The van der Waals surface area contributed by atoms with Crippen LogP contribution in [0.15, 0.2) is 40.0 Å². The Balaban J connectivity index is 0.00000300. The van der Waals surface area contributed by atoms with E-state index in [1.807, 2.05) is 26.2 Å². The van der Waals surface area contributed by atoms with Crippen molar-refractivity contribution in [2.45, 2.75) is 20.0 Å². The van der Waals surface area contributed by atoms with Crippen molar-refractivity contribution in [2.75, 3.05) is 51.7 Å². The molecule has 0 saturated carbocycles. The Bertz CT molecular complexity index is 775. The fourth-order valence-electron chi connectivity index (χ4n) is 3.27. The maximum atomic E-state index is 14.2. The van der Waals surface area contributed by atoms with E-state index in [9.17, 15) is 4.39 Å². The highest BCUT2D eigenvalue weighted by Crippen LogP contribution is 2.19. The van der Waals surface area contributed by atoms with Gasteiger partial charge in [0.05, 0.1) is 17.9 Å². The van der Waals surface area contributed by atoms with Gasteiger partial charge in [0, 0.05) is 59.4 Å². The molecule has 0 amide bonds. The fourth-order valence-corrected chi connectivity index (χ4v) is 3.27. The van der Waals surface area contributed by atoms with Gasteiger partial charge in [0.1, 0.15) is 12.1 Å². The summed E-state index contributed by atoms with van der Waals surface area (Å²) in [6.07, 6.45) is 1.61. The Kier molecular flexibility index (Phi) is 9.15. The number of hydrogen-bond acceptors (Lipinski definition) is 5. The zero-order valence-electron chi connectivity index (χ0n) is 17.3. The summed E-state index contributed by atoms with van der Waals surface area (Å²) < 4.78 is 19.1. The second-order valence-corrected chi connectivity index (χ2v) is 7.10. The van der Waals surface area contributed by atoms with Crippen molar-refractivity contribution in [3.05, 3.63) is 47.6 Å². The predicted octanol–water partition coefficient (Wildman–Crippen LogP) is 2.78. The van der Waals surface area contributed by atoms with E-state index in [-0.39, 0.29) is 29.8 Å². The van der Waals surface area contributed by atoms with Gasteiger partial charge in [-0.1, -0.05) is 11.2 Å². The van der Waals surface area contributed by atoms with Gasteiger partial charge >= 0.3 is 0 Å². The lowest BCUT2D eigenvalue weighted by Crippen LogP contribution is -2.52. The summed E-state index contributed by atoms with van der Waals surface area (Å²) in [5.74, 6) is 0.657. The molecule has 1 N–H and O–H groups in total. The average Bonchev–Trinajstić information content (AvgIpc) is 3.18. The zero-order chi connectivity index (χ0) is 19.9. The average molecular weight is 516 g/mol. The molecule has 160 valence electrons. The summed E-state index contributed by atoms with van der Waals surface area (Å²) in [6, 6.07) is 7.20. The van der Waals surface area contributed by atoms with E-state index in [1.165, 1.54) is 0 Å². The van der Waals surface area contributed by atoms with E-state index in [4.69, 9.17) is 9.52 Å². The Labute approximate surface area is 188 Å². The SMILES string of the molecule is CCNC(=NCc1ccc(N(C)C)c(F)c1)N1CCN(Cc2ccon2)CC1.I. The molecule has 1 aliphatic heterocycles. The number of rotatable bonds is 6. The number of nitrogens with zero attached hydrogens (tertiary/aromatic N) is 5. The molecule has 2 aromatic rings. The first kappa shape index (κ1) is 23.4. The molecule has 3 rings (SSSR count). The highest BCUT2D eigenvalue weighted by molar-refractivity contribution is 14.0. The van der Waals surface area contributed by atoms with Crippen LogP contribution in [0, 0.1) is 5.82 Å². The summed E-state index contributed by atoms with van der Waals surface area (Å²) in [5, 5.41) is 7.34. The second kappa shape index (κ2) is 11.3. The fraction of sp³-hybridized carbons (Fsp3) is 0.500. The molecule has 1 fully saturated rings. The van der Waals surface area contributed by atoms with Crippen LogP contribution in [0.4, 0.5) is 10.1 Å². The van der Waals surface area contributed by atoms with Crippen LogP contribution in [-0.2, 0) is 13.1 Å². The number of piperazine rings is 1. The summed E-state index contributed by atoms with van der Waals surface area (Å²) in [5.41, 5.74) is 2.41. The molecule has 7 nitrogen and oxygen atoms in total. The predicted molar refractivity (Wildman–Crippen MR) is 124 cm³/mol. The monoisotopic (exact) mass is 516 g/mol. The number of guanidine groups is 1. The Morgan fingerprint density at radius 3 is 2.59 bits per heavy atom. The van der Waals surface area contributed by atoms with Crippen LogP contribution >= 0.6 is 24.0 Å². The van der Waals surface area contributed by atoms with Crippen molar-refractivity contribution in [1.29, 1.82) is 0 Å². The van der Waals surface area contributed by atoms with Crippen molar-refractivity contribution in [1.82, 2.24) is 20.3 Å². The summed E-state index contributed by atoms with van der Waals surface area (Å²) in [7, 11) is 3.67. The van der Waals surface area contributed by atoms with Gasteiger partial charge in [0.2, 0.25) is 0 Å². The molecule has 1 aromatic heterocycles. The molecule has 0 radical (unpaired) electrons. The lowest BCUT2D eigenvalue weighted by molar-refractivity contribution is 0.169. The molecule has 1 aliphatic rings. The molecule has 1 aromatic carbocycles. The van der Waals surface area contributed by atoms with Gasteiger partial charge in [-0.15, -0.1) is 24.0 Å². The van der Waals surface area contributed by atoms with Gasteiger partial charge in [-0.05, 0) is 24.6 Å². The first-order valence-electron chi connectivity index (χ1n) is 9.67. The molecule has 2 heterocycles. The maximum absolute atomic E-state index is 14.2.